The van der Waals surface area contributed by atoms with Crippen molar-refractivity contribution in [2.24, 2.45) is 5.41 Å². The van der Waals surface area contributed by atoms with E-state index in [0.29, 0.717) is 45.1 Å². The van der Waals surface area contributed by atoms with Crippen LogP contribution < -0.4 is 16.4 Å². The molecule has 0 spiro atoms. The van der Waals surface area contributed by atoms with E-state index in [2.05, 4.69) is 132 Å². The first kappa shape index (κ1) is 35.8. The van der Waals surface area contributed by atoms with Gasteiger partial charge in [-0.05, 0) is 67.0 Å². The van der Waals surface area contributed by atoms with Gasteiger partial charge in [0.2, 0.25) is 0 Å². The van der Waals surface area contributed by atoms with Crippen LogP contribution in [0.15, 0.2) is 66.9 Å². The van der Waals surface area contributed by atoms with Gasteiger partial charge in [0.1, 0.15) is 23.5 Å². The van der Waals surface area contributed by atoms with Gasteiger partial charge in [-0.3, -0.25) is 4.98 Å². The van der Waals surface area contributed by atoms with Crippen molar-refractivity contribution in [2.45, 2.75) is 105 Å². The van der Waals surface area contributed by atoms with Gasteiger partial charge in [-0.25, -0.2) is 15.0 Å². The molecule has 6 rings (SSSR count). The smallest absolute Gasteiger partial charge is 0.165 e. The fourth-order valence-corrected chi connectivity index (χ4v) is 7.47. The fourth-order valence-electron chi connectivity index (χ4n) is 7.47. The summed E-state index contributed by atoms with van der Waals surface area (Å²) in [7, 11) is 20.7. The molecular formula is C43H47B3N4. The van der Waals surface area contributed by atoms with Gasteiger partial charge in [0, 0.05) is 22.9 Å². The molecule has 6 radical (unpaired) electrons. The highest BCUT2D eigenvalue weighted by atomic mass is 15.0. The molecule has 3 aromatic carbocycles. The number of hydrogen-bond donors (Lipinski definition) is 0. The lowest BCUT2D eigenvalue weighted by atomic mass is 9.58. The molecule has 0 fully saturated rings. The minimum Gasteiger partial charge on any atom is -0.256 e. The molecule has 1 aliphatic carbocycles. The Labute approximate surface area is 303 Å². The molecule has 1 aliphatic rings. The van der Waals surface area contributed by atoms with Crippen LogP contribution in [0.5, 0.6) is 0 Å². The van der Waals surface area contributed by atoms with E-state index in [1.54, 1.807) is 6.20 Å². The lowest BCUT2D eigenvalue weighted by Gasteiger charge is -2.45. The molecule has 50 heavy (non-hydrogen) atoms. The Hall–Kier alpha value is -3.99. The third-order valence-corrected chi connectivity index (χ3v) is 11.9. The zero-order chi connectivity index (χ0) is 36.8. The molecule has 0 N–H and O–H groups in total. The summed E-state index contributed by atoms with van der Waals surface area (Å²) < 4.78 is 0. The largest absolute Gasteiger partial charge is 0.256 e. The fraction of sp³-hybridized carbons (Fsp3) is 0.395. The van der Waals surface area contributed by atoms with E-state index in [9.17, 15) is 0 Å². The maximum absolute atomic E-state index is 7.04. The molecule has 0 saturated heterocycles. The molecule has 4 nitrogen and oxygen atoms in total. The van der Waals surface area contributed by atoms with Crippen molar-refractivity contribution in [1.82, 2.24) is 19.9 Å². The summed E-state index contributed by atoms with van der Waals surface area (Å²) in [5.41, 5.74) is 9.65. The average Bonchev–Trinajstić information content (AvgIpc) is 3.16. The van der Waals surface area contributed by atoms with Crippen LogP contribution in [0.3, 0.4) is 0 Å². The summed E-state index contributed by atoms with van der Waals surface area (Å²) in [5.74, 6) is 1.73. The highest BCUT2D eigenvalue weighted by molar-refractivity contribution is 6.55. The third kappa shape index (κ3) is 5.65. The molecule has 7 heteroatoms. The molecule has 0 bridgehead atoms. The van der Waals surface area contributed by atoms with Crippen molar-refractivity contribution in [2.75, 3.05) is 0 Å². The van der Waals surface area contributed by atoms with Gasteiger partial charge in [-0.15, -0.1) is 0 Å². The molecule has 0 aliphatic heterocycles. The Kier molecular flexibility index (Phi) is 8.45. The van der Waals surface area contributed by atoms with Crippen molar-refractivity contribution in [3.05, 3.63) is 89.1 Å². The second-order valence-electron chi connectivity index (χ2n) is 17.6. The normalized spacial score (nSPS) is 16.3. The number of pyridine rings is 1. The Balaban J connectivity index is 1.47. The Morgan fingerprint density at radius 2 is 0.860 bits per heavy atom. The molecular weight excluding hydrogens is 605 g/mol. The van der Waals surface area contributed by atoms with E-state index in [0.717, 1.165) is 27.8 Å². The Bertz CT molecular complexity index is 2020. The van der Waals surface area contributed by atoms with Crippen LogP contribution in [0, 0.1) is 5.41 Å². The summed E-state index contributed by atoms with van der Waals surface area (Å²) in [4.78, 5) is 19.8. The van der Waals surface area contributed by atoms with Gasteiger partial charge in [0.05, 0.1) is 5.69 Å². The van der Waals surface area contributed by atoms with Gasteiger partial charge in [-0.1, -0.05) is 148 Å². The van der Waals surface area contributed by atoms with Crippen LogP contribution in [-0.2, 0) is 21.7 Å². The SMILES string of the molecule is [B]c1c([B])c2c(c([B])c1-c1ccc(-c3nc(-c4ccc(C(C)(C)C)cc4)nc(-c4ccc(C(C)(C)C)cc4)n3)cn1)C(C)(C)C(C)(C)C2(C)C. The lowest BCUT2D eigenvalue weighted by Crippen LogP contribution is -2.44. The first-order chi connectivity index (χ1) is 23.1. The number of aromatic nitrogens is 4. The topological polar surface area (TPSA) is 51.6 Å². The maximum Gasteiger partial charge on any atom is 0.165 e. The van der Waals surface area contributed by atoms with Crippen LogP contribution >= 0.6 is 0 Å². The number of rotatable bonds is 4. The molecule has 0 unspecified atom stereocenters. The van der Waals surface area contributed by atoms with E-state index < -0.39 is 0 Å². The van der Waals surface area contributed by atoms with Crippen LogP contribution in [0.4, 0.5) is 0 Å². The van der Waals surface area contributed by atoms with E-state index >= 15 is 0 Å². The van der Waals surface area contributed by atoms with E-state index in [-0.39, 0.29) is 27.1 Å². The minimum atomic E-state index is -0.250. The number of fused-ring (bicyclic) bond motifs is 1. The summed E-state index contributed by atoms with van der Waals surface area (Å²) >= 11 is 0. The molecule has 2 heterocycles. The highest BCUT2D eigenvalue weighted by Crippen LogP contribution is 2.60. The number of nitrogens with zero attached hydrogens (tertiary/aromatic N) is 4. The summed E-state index contributed by atoms with van der Waals surface area (Å²) in [5, 5.41) is 0. The first-order valence-electron chi connectivity index (χ1n) is 17.5. The van der Waals surface area contributed by atoms with E-state index in [1.165, 1.54) is 11.1 Å². The first-order valence-corrected chi connectivity index (χ1v) is 17.5. The standard InChI is InChI=1S/C43H47B3N4/c1-39(2,3)27-18-13-24(14-19-27)36-48-37(25-15-20-28(21-16-25)40(4,5)6)50-38(49-36)26-17-22-29(47-23-26)30-33(44)31-32(35(46)34(30)45)42(9,10)43(11,12)41(31,7)8/h13-23H,1-12H3. The van der Waals surface area contributed by atoms with Crippen LogP contribution in [0.1, 0.15) is 105 Å². The molecule has 0 atom stereocenters. The van der Waals surface area contributed by atoms with Crippen LogP contribution in [-0.4, -0.2) is 43.5 Å². The van der Waals surface area contributed by atoms with Crippen molar-refractivity contribution in [3.8, 4) is 45.4 Å². The van der Waals surface area contributed by atoms with Gasteiger partial charge < -0.3 is 0 Å². The second kappa shape index (κ2) is 11.8. The van der Waals surface area contributed by atoms with Crippen molar-refractivity contribution in [1.29, 1.82) is 0 Å². The lowest BCUT2D eigenvalue weighted by molar-refractivity contribution is 0.125. The van der Waals surface area contributed by atoms with Gasteiger partial charge in [0.15, 0.2) is 17.5 Å². The summed E-state index contributed by atoms with van der Waals surface area (Å²) in [6, 6.07) is 20.8. The van der Waals surface area contributed by atoms with Crippen molar-refractivity contribution >= 4 is 39.9 Å². The van der Waals surface area contributed by atoms with E-state index in [1.807, 2.05) is 12.1 Å². The van der Waals surface area contributed by atoms with Crippen molar-refractivity contribution in [3.63, 3.8) is 0 Å². The maximum atomic E-state index is 7.04. The predicted molar refractivity (Wildman–Crippen MR) is 213 cm³/mol. The highest BCUT2D eigenvalue weighted by Gasteiger charge is 2.58. The van der Waals surface area contributed by atoms with Gasteiger partial charge >= 0.3 is 0 Å². The summed E-state index contributed by atoms with van der Waals surface area (Å²) in [6.45, 7) is 26.8. The zero-order valence-corrected chi connectivity index (χ0v) is 31.9. The van der Waals surface area contributed by atoms with Crippen molar-refractivity contribution < 1.29 is 0 Å². The molecule has 2 aromatic heterocycles. The minimum absolute atomic E-state index is 0.0363. The molecule has 5 aromatic rings. The average molecular weight is 652 g/mol. The van der Waals surface area contributed by atoms with Gasteiger partial charge in [-0.2, -0.15) is 0 Å². The number of benzene rings is 3. The van der Waals surface area contributed by atoms with Crippen LogP contribution in [0.2, 0.25) is 0 Å². The summed E-state index contributed by atoms with van der Waals surface area (Å²) in [6.07, 6.45) is 1.78. The molecule has 0 saturated carbocycles. The quantitative estimate of drug-likeness (QED) is 0.189. The zero-order valence-electron chi connectivity index (χ0n) is 31.9. The molecule has 0 amide bonds. The predicted octanol–water partition coefficient (Wildman–Crippen LogP) is 7.51. The Morgan fingerprint density at radius 1 is 0.480 bits per heavy atom. The second-order valence-corrected chi connectivity index (χ2v) is 17.6. The Morgan fingerprint density at radius 3 is 1.24 bits per heavy atom. The van der Waals surface area contributed by atoms with Crippen LogP contribution in [0.25, 0.3) is 45.4 Å². The number of hydrogen-bond acceptors (Lipinski definition) is 4. The van der Waals surface area contributed by atoms with Gasteiger partial charge in [0.25, 0.3) is 0 Å². The van der Waals surface area contributed by atoms with E-state index in [4.69, 9.17) is 43.5 Å². The molecule has 248 valence electrons. The third-order valence-electron chi connectivity index (χ3n) is 11.9. The monoisotopic (exact) mass is 652 g/mol.